The van der Waals surface area contributed by atoms with Crippen molar-refractivity contribution in [2.45, 2.75) is 19.8 Å². The molecule has 33 heavy (non-hydrogen) atoms. The lowest BCUT2D eigenvalue weighted by atomic mass is 9.82. The van der Waals surface area contributed by atoms with Gasteiger partial charge in [0.05, 0.1) is 21.9 Å². The number of Topliss-reactive ketones (excluding diaryl/α,β-unsaturated/α-hetero) is 1. The molecule has 1 heterocycles. The predicted octanol–water partition coefficient (Wildman–Crippen LogP) is 5.34. The van der Waals surface area contributed by atoms with Gasteiger partial charge in [-0.1, -0.05) is 62.9 Å². The molecule has 1 fully saturated rings. The van der Waals surface area contributed by atoms with Crippen LogP contribution in [0.15, 0.2) is 58.6 Å². The Balaban J connectivity index is 1.71. The van der Waals surface area contributed by atoms with E-state index in [1.807, 2.05) is 13.0 Å². The van der Waals surface area contributed by atoms with Crippen LogP contribution >= 0.6 is 39.1 Å². The fourth-order valence-electron chi connectivity index (χ4n) is 4.13. The summed E-state index contributed by atoms with van der Waals surface area (Å²) in [6.45, 7) is 1.43. The van der Waals surface area contributed by atoms with E-state index in [0.717, 1.165) is 20.1 Å². The van der Waals surface area contributed by atoms with E-state index in [0.29, 0.717) is 18.4 Å². The van der Waals surface area contributed by atoms with E-state index in [1.165, 1.54) is 18.2 Å². The van der Waals surface area contributed by atoms with E-state index in [-0.39, 0.29) is 15.6 Å². The van der Waals surface area contributed by atoms with E-state index in [2.05, 4.69) is 15.9 Å². The SMILES string of the molecule is CC1=CC[C@H]2C(=O)N(N(CC(=O)c3ccc(Br)cc3)C(=O)c3ccc(Cl)c(Cl)c3)C(=O)[C@@H]2C1. The Bertz CT molecular complexity index is 1200. The van der Waals surface area contributed by atoms with Crippen LogP contribution in [0.5, 0.6) is 0 Å². The second-order valence-corrected chi connectivity index (χ2v) is 9.84. The number of halogens is 3. The number of benzene rings is 2. The van der Waals surface area contributed by atoms with Gasteiger partial charge in [-0.05, 0) is 50.1 Å². The topological polar surface area (TPSA) is 74.8 Å². The van der Waals surface area contributed by atoms with Gasteiger partial charge in [0.2, 0.25) is 0 Å². The largest absolute Gasteiger partial charge is 0.292 e. The van der Waals surface area contributed by atoms with Gasteiger partial charge in [-0.25, -0.2) is 5.01 Å². The monoisotopic (exact) mass is 548 g/mol. The van der Waals surface area contributed by atoms with E-state index in [4.69, 9.17) is 23.2 Å². The van der Waals surface area contributed by atoms with Crippen molar-refractivity contribution in [2.75, 3.05) is 6.54 Å². The molecule has 9 heteroatoms. The van der Waals surface area contributed by atoms with Gasteiger partial charge in [0, 0.05) is 15.6 Å². The number of ketones is 1. The molecule has 0 N–H and O–H groups in total. The van der Waals surface area contributed by atoms with Crippen LogP contribution in [0, 0.1) is 11.8 Å². The summed E-state index contributed by atoms with van der Waals surface area (Å²) in [5, 5.41) is 2.19. The molecule has 3 amide bonds. The average molecular weight is 550 g/mol. The van der Waals surface area contributed by atoms with Crippen molar-refractivity contribution in [2.24, 2.45) is 11.8 Å². The summed E-state index contributed by atoms with van der Waals surface area (Å²) in [5.41, 5.74) is 1.48. The molecule has 0 radical (unpaired) electrons. The minimum absolute atomic E-state index is 0.109. The number of rotatable bonds is 5. The lowest BCUT2D eigenvalue weighted by Crippen LogP contribution is -2.52. The van der Waals surface area contributed by atoms with Crippen molar-refractivity contribution in [3.63, 3.8) is 0 Å². The number of amides is 3. The minimum Gasteiger partial charge on any atom is -0.292 e. The number of hydrogen-bond donors (Lipinski definition) is 0. The van der Waals surface area contributed by atoms with Crippen LogP contribution in [0.3, 0.4) is 0 Å². The summed E-state index contributed by atoms with van der Waals surface area (Å²) in [5.74, 6) is -3.16. The van der Waals surface area contributed by atoms with Crippen LogP contribution < -0.4 is 0 Å². The molecule has 0 spiro atoms. The second-order valence-electron chi connectivity index (χ2n) is 8.11. The Morgan fingerprint density at radius 1 is 1.00 bits per heavy atom. The Morgan fingerprint density at radius 2 is 1.64 bits per heavy atom. The first-order valence-corrected chi connectivity index (χ1v) is 11.8. The predicted molar refractivity (Wildman–Crippen MR) is 128 cm³/mol. The zero-order valence-electron chi connectivity index (χ0n) is 17.6. The van der Waals surface area contributed by atoms with Gasteiger partial charge in [0.15, 0.2) is 5.78 Å². The Kier molecular flexibility index (Phi) is 6.75. The molecule has 2 aromatic carbocycles. The highest BCUT2D eigenvalue weighted by Crippen LogP contribution is 2.38. The summed E-state index contributed by atoms with van der Waals surface area (Å²) in [7, 11) is 0. The molecule has 170 valence electrons. The molecule has 2 aromatic rings. The first kappa shape index (κ1) is 23.7. The van der Waals surface area contributed by atoms with Gasteiger partial charge >= 0.3 is 0 Å². The molecule has 0 aromatic heterocycles. The summed E-state index contributed by atoms with van der Waals surface area (Å²) >= 11 is 15.4. The van der Waals surface area contributed by atoms with Crippen LogP contribution in [0.1, 0.15) is 40.5 Å². The quantitative estimate of drug-likeness (QED) is 0.287. The van der Waals surface area contributed by atoms with Crippen LogP contribution in [0.2, 0.25) is 10.0 Å². The maximum atomic E-state index is 13.5. The first-order chi connectivity index (χ1) is 15.7. The van der Waals surface area contributed by atoms with Gasteiger partial charge in [0.1, 0.15) is 6.54 Å². The number of nitrogens with zero attached hydrogens (tertiary/aromatic N) is 2. The Hall–Kier alpha value is -2.48. The number of allylic oxidation sites excluding steroid dienone is 2. The third-order valence-electron chi connectivity index (χ3n) is 5.90. The number of hydrogen-bond acceptors (Lipinski definition) is 4. The second kappa shape index (κ2) is 9.41. The molecule has 1 saturated heterocycles. The highest BCUT2D eigenvalue weighted by atomic mass is 79.9. The lowest BCUT2D eigenvalue weighted by molar-refractivity contribution is -0.154. The van der Waals surface area contributed by atoms with E-state index < -0.39 is 41.9 Å². The van der Waals surface area contributed by atoms with Crippen molar-refractivity contribution in [3.8, 4) is 0 Å². The van der Waals surface area contributed by atoms with Crippen LogP contribution in [0.25, 0.3) is 0 Å². The van der Waals surface area contributed by atoms with E-state index >= 15 is 0 Å². The van der Waals surface area contributed by atoms with Crippen molar-refractivity contribution < 1.29 is 19.2 Å². The standard InChI is InChI=1S/C24H19BrCl2N2O4/c1-13-2-8-17-18(10-13)24(33)29(23(17)32)28(12-21(30)14-3-6-16(25)7-4-14)22(31)15-5-9-19(26)20(27)11-15/h2-7,9,11,17-18H,8,10,12H2,1H3/t17-,18-/m1/s1. The Labute approximate surface area is 209 Å². The van der Waals surface area contributed by atoms with Gasteiger partial charge < -0.3 is 0 Å². The molecular weight excluding hydrogens is 531 g/mol. The summed E-state index contributed by atoms with van der Waals surface area (Å²) < 4.78 is 0.791. The lowest BCUT2D eigenvalue weighted by Gasteiger charge is -2.30. The minimum atomic E-state index is -0.691. The first-order valence-electron chi connectivity index (χ1n) is 10.3. The smallest absolute Gasteiger partial charge is 0.273 e. The summed E-state index contributed by atoms with van der Waals surface area (Å²) in [6.07, 6.45) is 2.81. The van der Waals surface area contributed by atoms with Crippen molar-refractivity contribution in [3.05, 3.63) is 79.8 Å². The number of imide groups is 1. The van der Waals surface area contributed by atoms with Crippen LogP contribution in [0.4, 0.5) is 0 Å². The molecule has 0 unspecified atom stereocenters. The van der Waals surface area contributed by atoms with Crippen molar-refractivity contribution in [1.29, 1.82) is 0 Å². The molecular formula is C24H19BrCl2N2O4. The van der Waals surface area contributed by atoms with Crippen LogP contribution in [-0.2, 0) is 9.59 Å². The summed E-state index contributed by atoms with van der Waals surface area (Å²) in [6, 6.07) is 10.9. The van der Waals surface area contributed by atoms with E-state index in [1.54, 1.807) is 24.3 Å². The van der Waals surface area contributed by atoms with Crippen molar-refractivity contribution >= 4 is 62.6 Å². The number of fused-ring (bicyclic) bond motifs is 1. The normalized spacial score (nSPS) is 19.9. The van der Waals surface area contributed by atoms with Crippen LogP contribution in [-0.4, -0.2) is 40.1 Å². The number of carbonyl (C=O) groups is 4. The number of carbonyl (C=O) groups excluding carboxylic acids is 4. The zero-order valence-corrected chi connectivity index (χ0v) is 20.7. The fraction of sp³-hybridized carbons (Fsp3) is 0.250. The molecule has 4 rings (SSSR count). The van der Waals surface area contributed by atoms with Gasteiger partial charge in [-0.15, -0.1) is 0 Å². The average Bonchev–Trinajstić information content (AvgIpc) is 3.03. The van der Waals surface area contributed by atoms with Gasteiger partial charge in [-0.3, -0.25) is 19.2 Å². The number of hydrazine groups is 1. The fourth-order valence-corrected chi connectivity index (χ4v) is 4.69. The maximum Gasteiger partial charge on any atom is 0.273 e. The highest BCUT2D eigenvalue weighted by molar-refractivity contribution is 9.10. The summed E-state index contributed by atoms with van der Waals surface area (Å²) in [4.78, 5) is 53.0. The molecule has 0 saturated carbocycles. The van der Waals surface area contributed by atoms with Crippen molar-refractivity contribution in [1.82, 2.24) is 10.0 Å². The zero-order chi connectivity index (χ0) is 23.9. The van der Waals surface area contributed by atoms with Gasteiger partial charge in [-0.2, -0.15) is 5.01 Å². The maximum absolute atomic E-state index is 13.5. The third kappa shape index (κ3) is 4.63. The molecule has 1 aliphatic heterocycles. The van der Waals surface area contributed by atoms with Gasteiger partial charge in [0.25, 0.3) is 17.7 Å². The molecule has 2 aliphatic rings. The molecule has 1 aliphatic carbocycles. The third-order valence-corrected chi connectivity index (χ3v) is 7.17. The molecule has 0 bridgehead atoms. The molecule has 2 atom stereocenters. The Morgan fingerprint density at radius 3 is 2.30 bits per heavy atom. The highest BCUT2D eigenvalue weighted by Gasteiger charge is 2.51. The van der Waals surface area contributed by atoms with E-state index in [9.17, 15) is 19.2 Å². The molecule has 6 nitrogen and oxygen atoms in total.